The van der Waals surface area contributed by atoms with Crippen LogP contribution in [0.4, 0.5) is 0 Å². The van der Waals surface area contributed by atoms with E-state index in [1.807, 2.05) is 36.1 Å². The molecule has 4 heteroatoms. The summed E-state index contributed by atoms with van der Waals surface area (Å²) in [7, 11) is 0. The number of rotatable bonds is 2. The van der Waals surface area contributed by atoms with Crippen LogP contribution in [-0.2, 0) is 4.79 Å². The van der Waals surface area contributed by atoms with Gasteiger partial charge in [0.25, 0.3) is 0 Å². The van der Waals surface area contributed by atoms with Gasteiger partial charge in [0, 0.05) is 36.5 Å². The van der Waals surface area contributed by atoms with Gasteiger partial charge in [-0.1, -0.05) is 30.7 Å². The molecule has 2 N–H and O–H groups in total. The van der Waals surface area contributed by atoms with Gasteiger partial charge in [-0.05, 0) is 24.1 Å². The molecule has 0 saturated carbocycles. The maximum absolute atomic E-state index is 11.8. The molecule has 1 saturated heterocycles. The van der Waals surface area contributed by atoms with Crippen LogP contribution < -0.4 is 5.73 Å². The van der Waals surface area contributed by atoms with Crippen LogP contribution in [0.1, 0.15) is 31.2 Å². The van der Waals surface area contributed by atoms with Crippen LogP contribution in [0, 0.1) is 0 Å². The summed E-state index contributed by atoms with van der Waals surface area (Å²) in [5, 5.41) is 0.736. The van der Waals surface area contributed by atoms with Crippen LogP contribution in [0.15, 0.2) is 24.3 Å². The third-order valence-electron chi connectivity index (χ3n) is 3.48. The van der Waals surface area contributed by atoms with Gasteiger partial charge in [0.05, 0.1) is 0 Å². The predicted molar refractivity (Wildman–Crippen MR) is 73.7 cm³/mol. The summed E-state index contributed by atoms with van der Waals surface area (Å²) in [6.07, 6.45) is 1.47. The topological polar surface area (TPSA) is 46.3 Å². The number of piperidine rings is 1. The number of hydrogen-bond acceptors (Lipinski definition) is 2. The third-order valence-corrected chi connectivity index (χ3v) is 3.73. The molecule has 0 radical (unpaired) electrons. The van der Waals surface area contributed by atoms with E-state index in [1.54, 1.807) is 0 Å². The molecule has 0 aliphatic carbocycles. The molecule has 0 spiro atoms. The number of hydrogen-bond donors (Lipinski definition) is 1. The summed E-state index contributed by atoms with van der Waals surface area (Å²) in [5.41, 5.74) is 7.27. The molecule has 1 heterocycles. The van der Waals surface area contributed by atoms with E-state index in [0.717, 1.165) is 18.0 Å². The van der Waals surface area contributed by atoms with Crippen molar-refractivity contribution in [2.24, 2.45) is 5.73 Å². The molecule has 2 unspecified atom stereocenters. The monoisotopic (exact) mass is 266 g/mol. The van der Waals surface area contributed by atoms with Gasteiger partial charge in [-0.15, -0.1) is 0 Å². The number of halogens is 1. The molecule has 2 atom stereocenters. The summed E-state index contributed by atoms with van der Waals surface area (Å²) in [6.45, 7) is 3.33. The Morgan fingerprint density at radius 3 is 2.67 bits per heavy atom. The van der Waals surface area contributed by atoms with E-state index < -0.39 is 0 Å². The first kappa shape index (κ1) is 13.4. The molecule has 1 aliphatic heterocycles. The quantitative estimate of drug-likeness (QED) is 0.893. The lowest BCUT2D eigenvalue weighted by Gasteiger charge is -2.36. The van der Waals surface area contributed by atoms with Gasteiger partial charge in [0.1, 0.15) is 0 Å². The van der Waals surface area contributed by atoms with E-state index in [2.05, 4.69) is 0 Å². The average Bonchev–Trinajstić information content (AvgIpc) is 2.38. The van der Waals surface area contributed by atoms with E-state index in [-0.39, 0.29) is 11.9 Å². The molecule has 1 aromatic carbocycles. The van der Waals surface area contributed by atoms with Crippen molar-refractivity contribution in [2.45, 2.75) is 31.7 Å². The lowest BCUT2D eigenvalue weighted by Crippen LogP contribution is -2.48. The zero-order chi connectivity index (χ0) is 13.1. The Labute approximate surface area is 113 Å². The van der Waals surface area contributed by atoms with Gasteiger partial charge in [0.15, 0.2) is 0 Å². The van der Waals surface area contributed by atoms with Crippen LogP contribution in [-0.4, -0.2) is 29.9 Å². The van der Waals surface area contributed by atoms with E-state index in [4.69, 9.17) is 17.3 Å². The lowest BCUT2D eigenvalue weighted by atomic mass is 9.88. The Morgan fingerprint density at radius 1 is 1.39 bits per heavy atom. The molecule has 0 bridgehead atoms. The minimum absolute atomic E-state index is 0.0647. The van der Waals surface area contributed by atoms with Crippen molar-refractivity contribution in [1.82, 2.24) is 4.90 Å². The van der Waals surface area contributed by atoms with Crippen LogP contribution in [0.3, 0.4) is 0 Å². The van der Waals surface area contributed by atoms with Crippen LogP contribution in [0.2, 0.25) is 5.02 Å². The maximum atomic E-state index is 11.8. The number of nitrogens with two attached hydrogens (primary N) is 1. The van der Waals surface area contributed by atoms with E-state index in [1.165, 1.54) is 5.56 Å². The van der Waals surface area contributed by atoms with Crippen LogP contribution in [0.25, 0.3) is 0 Å². The number of carbonyl (C=O) groups excluding carboxylic acids is 1. The van der Waals surface area contributed by atoms with E-state index in [0.29, 0.717) is 18.9 Å². The molecular formula is C14H19ClN2O. The molecule has 98 valence electrons. The summed E-state index contributed by atoms with van der Waals surface area (Å²) >= 11 is 5.89. The second kappa shape index (κ2) is 5.72. The Hall–Kier alpha value is -1.06. The maximum Gasteiger partial charge on any atom is 0.222 e. The first-order valence-electron chi connectivity index (χ1n) is 6.39. The molecule has 3 nitrogen and oxygen atoms in total. The largest absolute Gasteiger partial charge is 0.341 e. The molecule has 1 fully saturated rings. The second-order valence-electron chi connectivity index (χ2n) is 4.90. The van der Waals surface area contributed by atoms with Gasteiger partial charge in [-0.3, -0.25) is 4.79 Å². The van der Waals surface area contributed by atoms with Gasteiger partial charge in [0.2, 0.25) is 5.91 Å². The van der Waals surface area contributed by atoms with Crippen LogP contribution >= 0.6 is 11.6 Å². The molecule has 0 aromatic heterocycles. The lowest BCUT2D eigenvalue weighted by molar-refractivity contribution is -0.132. The molecule has 18 heavy (non-hydrogen) atoms. The van der Waals surface area contributed by atoms with Gasteiger partial charge in [-0.25, -0.2) is 0 Å². The van der Waals surface area contributed by atoms with Crippen molar-refractivity contribution < 1.29 is 4.79 Å². The molecule has 2 rings (SSSR count). The number of nitrogens with zero attached hydrogens (tertiary/aromatic N) is 1. The molecule has 1 amide bonds. The minimum atomic E-state index is 0.0647. The highest BCUT2D eigenvalue weighted by molar-refractivity contribution is 6.30. The number of likely N-dealkylation sites (tertiary alicyclic amines) is 1. The molecule has 1 aromatic rings. The van der Waals surface area contributed by atoms with E-state index in [9.17, 15) is 4.79 Å². The van der Waals surface area contributed by atoms with Crippen molar-refractivity contribution in [3.05, 3.63) is 34.9 Å². The van der Waals surface area contributed by atoms with Gasteiger partial charge >= 0.3 is 0 Å². The zero-order valence-electron chi connectivity index (χ0n) is 10.6. The summed E-state index contributed by atoms with van der Waals surface area (Å²) in [4.78, 5) is 13.7. The zero-order valence-corrected chi connectivity index (χ0v) is 11.4. The highest BCUT2D eigenvalue weighted by atomic mass is 35.5. The van der Waals surface area contributed by atoms with Crippen molar-refractivity contribution >= 4 is 17.5 Å². The summed E-state index contributed by atoms with van der Waals surface area (Å²) < 4.78 is 0. The van der Waals surface area contributed by atoms with E-state index >= 15 is 0 Å². The van der Waals surface area contributed by atoms with Crippen molar-refractivity contribution in [1.29, 1.82) is 0 Å². The normalized spacial score (nSPS) is 24.1. The first-order valence-corrected chi connectivity index (χ1v) is 6.76. The minimum Gasteiger partial charge on any atom is -0.341 e. The van der Waals surface area contributed by atoms with Crippen molar-refractivity contribution in [2.75, 3.05) is 13.1 Å². The standard InChI is InChI=1S/C14H19ClN2O/c1-2-14(18)17-8-11(7-13(16)9-17)10-3-5-12(15)6-4-10/h3-6,11,13H,2,7-9,16H2,1H3. The van der Waals surface area contributed by atoms with Crippen LogP contribution in [0.5, 0.6) is 0 Å². The Morgan fingerprint density at radius 2 is 2.06 bits per heavy atom. The second-order valence-corrected chi connectivity index (χ2v) is 5.33. The fraction of sp³-hybridized carbons (Fsp3) is 0.500. The van der Waals surface area contributed by atoms with Crippen molar-refractivity contribution in [3.8, 4) is 0 Å². The number of carbonyl (C=O) groups is 1. The smallest absolute Gasteiger partial charge is 0.222 e. The predicted octanol–water partition coefficient (Wildman–Crippen LogP) is 2.39. The summed E-state index contributed by atoms with van der Waals surface area (Å²) in [6, 6.07) is 7.90. The Kier molecular flexibility index (Phi) is 4.25. The fourth-order valence-corrected chi connectivity index (χ4v) is 2.67. The van der Waals surface area contributed by atoms with Gasteiger partial charge < -0.3 is 10.6 Å². The average molecular weight is 267 g/mol. The van der Waals surface area contributed by atoms with Crippen molar-refractivity contribution in [3.63, 3.8) is 0 Å². The fourth-order valence-electron chi connectivity index (χ4n) is 2.54. The highest BCUT2D eigenvalue weighted by Gasteiger charge is 2.28. The third kappa shape index (κ3) is 3.03. The number of benzene rings is 1. The Balaban J connectivity index is 2.13. The highest BCUT2D eigenvalue weighted by Crippen LogP contribution is 2.27. The number of amides is 1. The molecular weight excluding hydrogens is 248 g/mol. The first-order chi connectivity index (χ1) is 8.60. The Bertz CT molecular complexity index is 418. The van der Waals surface area contributed by atoms with Gasteiger partial charge in [-0.2, -0.15) is 0 Å². The SMILES string of the molecule is CCC(=O)N1CC(N)CC(c2ccc(Cl)cc2)C1. The summed E-state index contributed by atoms with van der Waals surface area (Å²) in [5.74, 6) is 0.505. The molecule has 1 aliphatic rings.